The summed E-state index contributed by atoms with van der Waals surface area (Å²) < 4.78 is 17.9. The maximum atomic E-state index is 13.0. The highest BCUT2D eigenvalue weighted by Gasteiger charge is 2.37. The second kappa shape index (κ2) is 6.17. The quantitative estimate of drug-likeness (QED) is 0.634. The first kappa shape index (κ1) is 16.3. The van der Waals surface area contributed by atoms with Crippen LogP contribution in [0.4, 0.5) is 10.1 Å². The summed E-state index contributed by atoms with van der Waals surface area (Å²) in [5, 5.41) is 8.68. The van der Waals surface area contributed by atoms with E-state index in [4.69, 9.17) is 10.00 Å². The molecule has 2 aromatic carbocycles. The van der Waals surface area contributed by atoms with E-state index in [0.717, 1.165) is 17.0 Å². The number of imide groups is 1. The number of ether oxygens (including phenoxy) is 1. The van der Waals surface area contributed by atoms with Crippen molar-refractivity contribution in [3.63, 3.8) is 0 Å². The number of halogens is 1. The third-order valence-electron chi connectivity index (χ3n) is 3.67. The summed E-state index contributed by atoms with van der Waals surface area (Å²) in [5.74, 6) is -2.43. The number of hydrogen-bond acceptors (Lipinski definition) is 5. The van der Waals surface area contributed by atoms with Gasteiger partial charge in [0.05, 0.1) is 22.4 Å². The Balaban J connectivity index is 1.94. The number of rotatable bonds is 3. The second-order valence-electron chi connectivity index (χ2n) is 5.36. The van der Waals surface area contributed by atoms with Crippen molar-refractivity contribution in [3.8, 4) is 6.07 Å². The van der Waals surface area contributed by atoms with Crippen molar-refractivity contribution in [3.05, 3.63) is 65.0 Å². The first-order valence-corrected chi connectivity index (χ1v) is 7.31. The van der Waals surface area contributed by atoms with Crippen LogP contribution in [0.25, 0.3) is 0 Å². The molecule has 0 saturated heterocycles. The van der Waals surface area contributed by atoms with E-state index in [1.165, 1.54) is 37.3 Å². The van der Waals surface area contributed by atoms with Crippen LogP contribution >= 0.6 is 0 Å². The molecule has 3 rings (SSSR count). The summed E-state index contributed by atoms with van der Waals surface area (Å²) in [6.07, 6.45) is -0.936. The highest BCUT2D eigenvalue weighted by molar-refractivity contribution is 6.34. The monoisotopic (exact) mass is 338 g/mol. The van der Waals surface area contributed by atoms with Gasteiger partial charge in [0.25, 0.3) is 11.8 Å². The van der Waals surface area contributed by atoms with Crippen LogP contribution in [0.2, 0.25) is 0 Å². The summed E-state index contributed by atoms with van der Waals surface area (Å²) in [6, 6.07) is 10.7. The van der Waals surface area contributed by atoms with Gasteiger partial charge < -0.3 is 4.74 Å². The Labute approximate surface area is 142 Å². The zero-order chi connectivity index (χ0) is 18.1. The van der Waals surface area contributed by atoms with Crippen LogP contribution in [0.15, 0.2) is 42.5 Å². The SMILES string of the molecule is C[C@@H](C#N)OC(=O)c1ccc2c(c1)C(=O)N(c1ccc(F)cc1)C2=O. The maximum Gasteiger partial charge on any atom is 0.339 e. The van der Waals surface area contributed by atoms with E-state index < -0.39 is 29.7 Å². The van der Waals surface area contributed by atoms with Crippen LogP contribution in [0.3, 0.4) is 0 Å². The zero-order valence-electron chi connectivity index (χ0n) is 13.0. The van der Waals surface area contributed by atoms with Gasteiger partial charge in [-0.1, -0.05) is 0 Å². The Bertz CT molecular complexity index is 931. The van der Waals surface area contributed by atoms with Gasteiger partial charge in [0.1, 0.15) is 11.9 Å². The molecule has 7 heteroatoms. The lowest BCUT2D eigenvalue weighted by Gasteiger charge is -2.13. The van der Waals surface area contributed by atoms with Gasteiger partial charge >= 0.3 is 5.97 Å². The molecule has 0 aromatic heterocycles. The standard InChI is InChI=1S/C18H11FN2O4/c1-10(9-20)25-18(24)11-2-7-14-15(8-11)17(23)21(16(14)22)13-5-3-12(19)4-6-13/h2-8,10H,1H3/t10-/m0/s1. The molecule has 0 saturated carbocycles. The first-order valence-electron chi connectivity index (χ1n) is 7.31. The Morgan fingerprint density at radius 3 is 2.40 bits per heavy atom. The summed E-state index contributed by atoms with van der Waals surface area (Å²) >= 11 is 0. The topological polar surface area (TPSA) is 87.5 Å². The Hall–Kier alpha value is -3.53. The molecule has 0 spiro atoms. The smallest absolute Gasteiger partial charge is 0.339 e. The van der Waals surface area contributed by atoms with E-state index >= 15 is 0 Å². The number of esters is 1. The van der Waals surface area contributed by atoms with E-state index in [1.807, 2.05) is 0 Å². The maximum absolute atomic E-state index is 13.0. The van der Waals surface area contributed by atoms with E-state index in [1.54, 1.807) is 6.07 Å². The van der Waals surface area contributed by atoms with Crippen molar-refractivity contribution < 1.29 is 23.5 Å². The Kier molecular flexibility index (Phi) is 4.03. The minimum Gasteiger partial charge on any atom is -0.444 e. The minimum atomic E-state index is -0.936. The number of carbonyl (C=O) groups is 3. The largest absolute Gasteiger partial charge is 0.444 e. The Morgan fingerprint density at radius 1 is 1.12 bits per heavy atom. The molecule has 1 aliphatic heterocycles. The molecule has 0 radical (unpaired) electrons. The van der Waals surface area contributed by atoms with Crippen LogP contribution in [0, 0.1) is 17.1 Å². The lowest BCUT2D eigenvalue weighted by molar-refractivity contribution is 0.0435. The highest BCUT2D eigenvalue weighted by atomic mass is 19.1. The van der Waals surface area contributed by atoms with Crippen molar-refractivity contribution in [2.75, 3.05) is 4.90 Å². The number of anilines is 1. The van der Waals surface area contributed by atoms with E-state index in [0.29, 0.717) is 0 Å². The van der Waals surface area contributed by atoms with Gasteiger partial charge in [-0.25, -0.2) is 14.1 Å². The zero-order valence-corrected chi connectivity index (χ0v) is 13.0. The lowest BCUT2D eigenvalue weighted by Crippen LogP contribution is -2.29. The van der Waals surface area contributed by atoms with Crippen molar-refractivity contribution >= 4 is 23.5 Å². The molecule has 0 N–H and O–H groups in total. The summed E-state index contributed by atoms with van der Waals surface area (Å²) in [4.78, 5) is 37.9. The van der Waals surface area contributed by atoms with Gasteiger partial charge in [-0.2, -0.15) is 5.26 Å². The molecule has 6 nitrogen and oxygen atoms in total. The molecular weight excluding hydrogens is 327 g/mol. The molecule has 25 heavy (non-hydrogen) atoms. The lowest BCUT2D eigenvalue weighted by atomic mass is 10.1. The van der Waals surface area contributed by atoms with Gasteiger partial charge in [0, 0.05) is 0 Å². The molecule has 2 aromatic rings. The third-order valence-corrected chi connectivity index (χ3v) is 3.67. The van der Waals surface area contributed by atoms with Gasteiger partial charge in [0.2, 0.25) is 0 Å². The summed E-state index contributed by atoms with van der Waals surface area (Å²) in [5.41, 5.74) is 0.477. The first-order chi connectivity index (χ1) is 11.9. The van der Waals surface area contributed by atoms with E-state index in [9.17, 15) is 18.8 Å². The molecule has 1 heterocycles. The number of fused-ring (bicyclic) bond motifs is 1. The number of hydrogen-bond donors (Lipinski definition) is 0. The molecule has 124 valence electrons. The van der Waals surface area contributed by atoms with Gasteiger partial charge in [-0.15, -0.1) is 0 Å². The van der Waals surface area contributed by atoms with Crippen molar-refractivity contribution in [1.29, 1.82) is 5.26 Å². The second-order valence-corrected chi connectivity index (χ2v) is 5.36. The number of nitriles is 1. The van der Waals surface area contributed by atoms with E-state index in [-0.39, 0.29) is 22.4 Å². The van der Waals surface area contributed by atoms with E-state index in [2.05, 4.69) is 0 Å². The van der Waals surface area contributed by atoms with Gasteiger partial charge in [-0.05, 0) is 49.4 Å². The fraction of sp³-hybridized carbons (Fsp3) is 0.111. The average molecular weight is 338 g/mol. The highest BCUT2D eigenvalue weighted by Crippen LogP contribution is 2.29. The third kappa shape index (κ3) is 2.85. The molecule has 0 aliphatic carbocycles. The number of carbonyl (C=O) groups excluding carboxylic acids is 3. The number of nitrogens with zero attached hydrogens (tertiary/aromatic N) is 2. The summed E-state index contributed by atoms with van der Waals surface area (Å²) in [6.45, 7) is 1.41. The van der Waals surface area contributed by atoms with Crippen LogP contribution in [-0.4, -0.2) is 23.9 Å². The molecular formula is C18H11FN2O4. The molecule has 0 fully saturated rings. The van der Waals surface area contributed by atoms with Crippen LogP contribution in [0.1, 0.15) is 38.0 Å². The fourth-order valence-corrected chi connectivity index (χ4v) is 2.45. The number of benzene rings is 2. The molecule has 1 aliphatic rings. The molecule has 0 bridgehead atoms. The number of amides is 2. The van der Waals surface area contributed by atoms with Gasteiger partial charge in [0.15, 0.2) is 6.10 Å². The molecule has 2 amide bonds. The predicted octanol–water partition coefficient (Wildman–Crippen LogP) is 2.70. The van der Waals surface area contributed by atoms with Crippen LogP contribution < -0.4 is 4.90 Å². The van der Waals surface area contributed by atoms with Gasteiger partial charge in [-0.3, -0.25) is 9.59 Å². The van der Waals surface area contributed by atoms with Crippen LogP contribution in [-0.2, 0) is 4.74 Å². The average Bonchev–Trinajstić information content (AvgIpc) is 2.86. The van der Waals surface area contributed by atoms with Crippen molar-refractivity contribution in [2.24, 2.45) is 0 Å². The predicted molar refractivity (Wildman–Crippen MR) is 84.5 cm³/mol. The molecule has 1 atom stereocenters. The molecule has 0 unspecified atom stereocenters. The normalized spacial score (nSPS) is 14.0. The fourth-order valence-electron chi connectivity index (χ4n) is 2.45. The Morgan fingerprint density at radius 2 is 1.76 bits per heavy atom. The van der Waals surface area contributed by atoms with Crippen molar-refractivity contribution in [1.82, 2.24) is 0 Å². The summed E-state index contributed by atoms with van der Waals surface area (Å²) in [7, 11) is 0. The van der Waals surface area contributed by atoms with Crippen molar-refractivity contribution in [2.45, 2.75) is 13.0 Å². The minimum absolute atomic E-state index is 0.0494. The van der Waals surface area contributed by atoms with Crippen LogP contribution in [0.5, 0.6) is 0 Å².